The van der Waals surface area contributed by atoms with E-state index in [0.29, 0.717) is 5.69 Å². The third-order valence-electron chi connectivity index (χ3n) is 9.16. The number of halogens is 1. The Morgan fingerprint density at radius 1 is 0.974 bits per heavy atom. The molecule has 4 aliphatic carbocycles. The van der Waals surface area contributed by atoms with E-state index in [-0.39, 0.29) is 24.4 Å². The van der Waals surface area contributed by atoms with Gasteiger partial charge in [0.2, 0.25) is 21.8 Å². The van der Waals surface area contributed by atoms with Gasteiger partial charge in [-0.3, -0.25) is 13.9 Å². The predicted octanol–water partition coefficient (Wildman–Crippen LogP) is 4.85. The summed E-state index contributed by atoms with van der Waals surface area (Å²) >= 11 is 3.42. The molecule has 0 spiro atoms. The van der Waals surface area contributed by atoms with Crippen molar-refractivity contribution < 1.29 is 18.0 Å². The van der Waals surface area contributed by atoms with Crippen LogP contribution in [0.3, 0.4) is 0 Å². The molecule has 1 N–H and O–H groups in total. The lowest BCUT2D eigenvalue weighted by molar-refractivity contribution is -0.139. The van der Waals surface area contributed by atoms with Crippen LogP contribution in [0.2, 0.25) is 0 Å². The summed E-state index contributed by atoms with van der Waals surface area (Å²) in [7, 11) is -2.23. The van der Waals surface area contributed by atoms with Crippen LogP contribution >= 0.6 is 15.9 Å². The minimum atomic E-state index is -3.76. The Morgan fingerprint density at radius 2 is 1.51 bits per heavy atom. The third-order valence-corrected chi connectivity index (χ3v) is 10.8. The van der Waals surface area contributed by atoms with Crippen LogP contribution in [0.4, 0.5) is 5.69 Å². The SMILES string of the molecule is CNC(=O)C(C)N(Cc1ccc(Br)cc1)C(=O)CN(c1ccc(C23CC4CC(CC(C4)C2)C3)cc1)S(C)(=O)=O. The maximum absolute atomic E-state index is 13.6. The molecule has 7 nitrogen and oxygen atoms in total. The van der Waals surface area contributed by atoms with Crippen LogP contribution in [-0.2, 0) is 31.6 Å². The molecule has 4 aliphatic rings. The van der Waals surface area contributed by atoms with Crippen LogP contribution < -0.4 is 9.62 Å². The van der Waals surface area contributed by atoms with E-state index in [2.05, 4.69) is 33.4 Å². The molecule has 2 aromatic carbocycles. The minimum absolute atomic E-state index is 0.184. The molecule has 1 atom stereocenters. The number of anilines is 1. The standard InChI is InChI=1S/C30H38BrN3O4S/c1-20(29(36)32-2)33(18-21-4-8-26(31)9-5-21)28(35)19-34(39(3,37)38)27-10-6-25(7-11-27)30-15-22-12-23(16-30)14-24(13-22)17-30/h4-11,20,22-24H,12-19H2,1-3H3,(H,32,36). The summed E-state index contributed by atoms with van der Waals surface area (Å²) in [5.41, 5.74) is 2.82. The third kappa shape index (κ3) is 5.89. The van der Waals surface area contributed by atoms with Crippen molar-refractivity contribution in [2.45, 2.75) is 63.5 Å². The van der Waals surface area contributed by atoms with E-state index < -0.39 is 22.0 Å². The second-order valence-electron chi connectivity index (χ2n) is 12.0. The maximum Gasteiger partial charge on any atom is 0.244 e. The first kappa shape index (κ1) is 28.1. The Labute approximate surface area is 240 Å². The number of carbonyl (C=O) groups excluding carboxylic acids is 2. The van der Waals surface area contributed by atoms with Crippen LogP contribution in [-0.4, -0.2) is 51.0 Å². The van der Waals surface area contributed by atoms with E-state index in [1.165, 1.54) is 56.0 Å². The van der Waals surface area contributed by atoms with Gasteiger partial charge in [0.15, 0.2) is 0 Å². The van der Waals surface area contributed by atoms with Crippen LogP contribution in [0.1, 0.15) is 56.6 Å². The maximum atomic E-state index is 13.6. The van der Waals surface area contributed by atoms with Crippen molar-refractivity contribution in [3.05, 3.63) is 64.1 Å². The van der Waals surface area contributed by atoms with Crippen molar-refractivity contribution in [2.24, 2.45) is 17.8 Å². The molecule has 0 saturated heterocycles. The number of nitrogens with one attached hydrogen (secondary N) is 1. The largest absolute Gasteiger partial charge is 0.357 e. The molecular weight excluding hydrogens is 578 g/mol. The van der Waals surface area contributed by atoms with Crippen molar-refractivity contribution in [3.8, 4) is 0 Å². The molecule has 2 aromatic rings. The number of benzene rings is 2. The fourth-order valence-corrected chi connectivity index (χ4v) is 8.75. The Balaban J connectivity index is 1.38. The summed E-state index contributed by atoms with van der Waals surface area (Å²) in [6.45, 7) is 1.46. The number of rotatable bonds is 9. The van der Waals surface area contributed by atoms with Gasteiger partial charge in [-0.1, -0.05) is 40.2 Å². The molecule has 0 heterocycles. The highest BCUT2D eigenvalue weighted by Crippen LogP contribution is 2.60. The number of sulfonamides is 1. The highest BCUT2D eigenvalue weighted by molar-refractivity contribution is 9.10. The molecule has 210 valence electrons. The van der Waals surface area contributed by atoms with Gasteiger partial charge in [0, 0.05) is 18.1 Å². The fourth-order valence-electron chi connectivity index (χ4n) is 7.64. The Kier molecular flexibility index (Phi) is 7.85. The first-order chi connectivity index (χ1) is 18.5. The highest BCUT2D eigenvalue weighted by Gasteiger charge is 2.51. The van der Waals surface area contributed by atoms with Crippen LogP contribution in [0, 0.1) is 17.8 Å². The highest BCUT2D eigenvalue weighted by atomic mass is 79.9. The molecule has 0 radical (unpaired) electrons. The zero-order valence-corrected chi connectivity index (χ0v) is 25.3. The minimum Gasteiger partial charge on any atom is -0.357 e. The van der Waals surface area contributed by atoms with Gasteiger partial charge in [-0.25, -0.2) is 8.42 Å². The molecule has 4 saturated carbocycles. The van der Waals surface area contributed by atoms with E-state index in [1.54, 1.807) is 6.92 Å². The van der Waals surface area contributed by atoms with E-state index in [0.717, 1.165) is 38.4 Å². The Bertz CT molecular complexity index is 1290. The molecule has 0 aliphatic heterocycles. The number of hydrogen-bond donors (Lipinski definition) is 1. The van der Waals surface area contributed by atoms with Crippen molar-refractivity contribution in [3.63, 3.8) is 0 Å². The lowest BCUT2D eigenvalue weighted by atomic mass is 9.48. The quantitative estimate of drug-likeness (QED) is 0.437. The topological polar surface area (TPSA) is 86.8 Å². The fraction of sp³-hybridized carbons (Fsp3) is 0.533. The number of carbonyl (C=O) groups is 2. The summed E-state index contributed by atoms with van der Waals surface area (Å²) in [5.74, 6) is 1.70. The second kappa shape index (κ2) is 10.9. The molecule has 6 rings (SSSR count). The van der Waals surface area contributed by atoms with Crippen molar-refractivity contribution in [1.82, 2.24) is 10.2 Å². The molecule has 9 heteroatoms. The van der Waals surface area contributed by atoms with Gasteiger partial charge in [0.25, 0.3) is 0 Å². The van der Waals surface area contributed by atoms with Crippen molar-refractivity contribution in [2.75, 3.05) is 24.2 Å². The van der Waals surface area contributed by atoms with E-state index in [4.69, 9.17) is 0 Å². The van der Waals surface area contributed by atoms with Gasteiger partial charge in [-0.2, -0.15) is 0 Å². The Hall–Kier alpha value is -2.39. The number of nitrogens with zero attached hydrogens (tertiary/aromatic N) is 2. The smallest absolute Gasteiger partial charge is 0.244 e. The number of amides is 2. The van der Waals surface area contributed by atoms with Crippen molar-refractivity contribution >= 4 is 43.5 Å². The first-order valence-corrected chi connectivity index (χ1v) is 16.5. The van der Waals surface area contributed by atoms with E-state index in [1.807, 2.05) is 36.4 Å². The summed E-state index contributed by atoms with van der Waals surface area (Å²) in [6, 6.07) is 14.6. The molecule has 1 unspecified atom stereocenters. The van der Waals surface area contributed by atoms with Gasteiger partial charge >= 0.3 is 0 Å². The summed E-state index contributed by atoms with van der Waals surface area (Å²) in [4.78, 5) is 27.6. The normalized spacial score (nSPS) is 26.2. The van der Waals surface area contributed by atoms with Crippen LogP contribution in [0.5, 0.6) is 0 Å². The average Bonchev–Trinajstić information content (AvgIpc) is 2.89. The van der Waals surface area contributed by atoms with Gasteiger partial charge < -0.3 is 10.2 Å². The zero-order valence-electron chi connectivity index (χ0n) is 22.9. The summed E-state index contributed by atoms with van der Waals surface area (Å²) in [5, 5.41) is 2.60. The first-order valence-electron chi connectivity index (χ1n) is 13.8. The van der Waals surface area contributed by atoms with Crippen LogP contribution in [0.15, 0.2) is 53.0 Å². The van der Waals surface area contributed by atoms with Crippen LogP contribution in [0.25, 0.3) is 0 Å². The van der Waals surface area contributed by atoms with Gasteiger partial charge in [0.05, 0.1) is 11.9 Å². The molecule has 0 aromatic heterocycles. The lowest BCUT2D eigenvalue weighted by Crippen LogP contribution is -2.50. The predicted molar refractivity (Wildman–Crippen MR) is 157 cm³/mol. The average molecular weight is 617 g/mol. The lowest BCUT2D eigenvalue weighted by Gasteiger charge is -2.57. The molecule has 4 fully saturated rings. The monoisotopic (exact) mass is 615 g/mol. The molecule has 2 amide bonds. The van der Waals surface area contributed by atoms with Gasteiger partial charge in [-0.05, 0) is 104 Å². The van der Waals surface area contributed by atoms with Crippen molar-refractivity contribution in [1.29, 1.82) is 0 Å². The number of likely N-dealkylation sites (N-methyl/N-ethyl adjacent to an activating group) is 1. The molecule has 39 heavy (non-hydrogen) atoms. The second-order valence-corrected chi connectivity index (χ2v) is 14.8. The zero-order chi connectivity index (χ0) is 27.9. The summed E-state index contributed by atoms with van der Waals surface area (Å²) < 4.78 is 27.9. The molecular formula is C30H38BrN3O4S. The number of hydrogen-bond acceptors (Lipinski definition) is 4. The summed E-state index contributed by atoms with van der Waals surface area (Å²) in [6.07, 6.45) is 8.92. The van der Waals surface area contributed by atoms with Gasteiger partial charge in [-0.15, -0.1) is 0 Å². The van der Waals surface area contributed by atoms with Gasteiger partial charge in [0.1, 0.15) is 12.6 Å². The van der Waals surface area contributed by atoms with E-state index in [9.17, 15) is 18.0 Å². The van der Waals surface area contributed by atoms with E-state index >= 15 is 0 Å². The molecule has 4 bridgehead atoms. The Morgan fingerprint density at radius 3 is 2.00 bits per heavy atom.